The van der Waals surface area contributed by atoms with Gasteiger partial charge in [0, 0.05) is 12.6 Å². The topological polar surface area (TPSA) is 58.4 Å². The average Bonchev–Trinajstić information content (AvgIpc) is 2.67. The molecule has 4 heteroatoms. The van der Waals surface area contributed by atoms with Crippen LogP contribution in [0.1, 0.15) is 25.7 Å². The third-order valence-electron chi connectivity index (χ3n) is 3.36. The van der Waals surface area contributed by atoms with Crippen molar-refractivity contribution >= 4 is 5.91 Å². The summed E-state index contributed by atoms with van der Waals surface area (Å²) in [6.45, 7) is 3.18. The molecule has 14 heavy (non-hydrogen) atoms. The Morgan fingerprint density at radius 1 is 1.36 bits per heavy atom. The molecule has 0 aromatic rings. The Morgan fingerprint density at radius 3 is 2.86 bits per heavy atom. The molecule has 0 spiro atoms. The summed E-state index contributed by atoms with van der Waals surface area (Å²) in [6.07, 6.45) is 4.49. The number of rotatable bonds is 2. The Balaban J connectivity index is 1.97. The molecular formula is C10H19N3O. The minimum Gasteiger partial charge on any atom is -0.368 e. The molecule has 1 amide bonds. The van der Waals surface area contributed by atoms with Gasteiger partial charge in [0.1, 0.15) is 0 Å². The van der Waals surface area contributed by atoms with Gasteiger partial charge in [-0.25, -0.2) is 0 Å². The third-order valence-corrected chi connectivity index (χ3v) is 3.36. The highest BCUT2D eigenvalue weighted by molar-refractivity contribution is 5.80. The standard InChI is InChI=1S/C10H19N3O/c11-10(14)9-4-2-6-13(9)8-3-1-5-12-7-8/h8-9,12H,1-7H2,(H2,11,14)/t8-,9-/m0/s1. The minimum atomic E-state index is -0.145. The first-order chi connectivity index (χ1) is 6.79. The molecule has 2 aliphatic heterocycles. The Labute approximate surface area is 84.8 Å². The maximum Gasteiger partial charge on any atom is 0.234 e. The number of amides is 1. The number of hydrogen-bond acceptors (Lipinski definition) is 3. The van der Waals surface area contributed by atoms with E-state index in [1.807, 2.05) is 0 Å². The van der Waals surface area contributed by atoms with Gasteiger partial charge in [0.15, 0.2) is 0 Å². The molecular weight excluding hydrogens is 178 g/mol. The van der Waals surface area contributed by atoms with Crippen LogP contribution in [0.5, 0.6) is 0 Å². The van der Waals surface area contributed by atoms with Crippen LogP contribution in [-0.4, -0.2) is 42.5 Å². The van der Waals surface area contributed by atoms with Gasteiger partial charge in [-0.3, -0.25) is 9.69 Å². The second-order valence-electron chi connectivity index (χ2n) is 4.30. The van der Waals surface area contributed by atoms with E-state index in [1.54, 1.807) is 0 Å². The molecule has 0 bridgehead atoms. The number of likely N-dealkylation sites (tertiary alicyclic amines) is 1. The zero-order valence-electron chi connectivity index (χ0n) is 8.54. The van der Waals surface area contributed by atoms with Gasteiger partial charge in [-0.15, -0.1) is 0 Å². The fourth-order valence-electron chi connectivity index (χ4n) is 2.65. The molecule has 2 aliphatic rings. The van der Waals surface area contributed by atoms with Crippen LogP contribution in [0.4, 0.5) is 0 Å². The lowest BCUT2D eigenvalue weighted by atomic mass is 10.0. The van der Waals surface area contributed by atoms with Gasteiger partial charge in [0.05, 0.1) is 6.04 Å². The molecule has 2 rings (SSSR count). The van der Waals surface area contributed by atoms with Crippen LogP contribution in [0.25, 0.3) is 0 Å². The summed E-state index contributed by atoms with van der Waals surface area (Å²) in [5, 5.41) is 3.38. The second kappa shape index (κ2) is 4.28. The molecule has 0 saturated carbocycles. The van der Waals surface area contributed by atoms with Crippen molar-refractivity contribution < 1.29 is 4.79 Å². The van der Waals surface area contributed by atoms with Crippen LogP contribution in [0.15, 0.2) is 0 Å². The van der Waals surface area contributed by atoms with E-state index in [4.69, 9.17) is 5.73 Å². The van der Waals surface area contributed by atoms with Crippen LogP contribution in [0, 0.1) is 0 Å². The zero-order chi connectivity index (χ0) is 9.97. The lowest BCUT2D eigenvalue weighted by molar-refractivity contribution is -0.123. The summed E-state index contributed by atoms with van der Waals surface area (Å²) >= 11 is 0. The number of piperidine rings is 1. The minimum absolute atomic E-state index is 0.0000926. The third kappa shape index (κ3) is 1.91. The summed E-state index contributed by atoms with van der Waals surface area (Å²) < 4.78 is 0. The number of nitrogens with two attached hydrogens (primary N) is 1. The number of nitrogens with one attached hydrogen (secondary N) is 1. The average molecular weight is 197 g/mol. The summed E-state index contributed by atoms with van der Waals surface area (Å²) in [6, 6.07) is 0.531. The molecule has 2 heterocycles. The van der Waals surface area contributed by atoms with Crippen molar-refractivity contribution in [2.24, 2.45) is 5.73 Å². The lowest BCUT2D eigenvalue weighted by Gasteiger charge is -2.34. The normalized spacial score (nSPS) is 34.6. The molecule has 0 aromatic carbocycles. The number of nitrogens with zero attached hydrogens (tertiary/aromatic N) is 1. The van der Waals surface area contributed by atoms with Gasteiger partial charge < -0.3 is 11.1 Å². The van der Waals surface area contributed by atoms with E-state index in [-0.39, 0.29) is 11.9 Å². The fourth-order valence-corrected chi connectivity index (χ4v) is 2.65. The summed E-state index contributed by atoms with van der Waals surface area (Å²) in [7, 11) is 0. The molecule has 2 atom stereocenters. The quantitative estimate of drug-likeness (QED) is 0.638. The highest BCUT2D eigenvalue weighted by Gasteiger charge is 2.34. The van der Waals surface area contributed by atoms with Crippen LogP contribution < -0.4 is 11.1 Å². The van der Waals surface area contributed by atoms with Crippen LogP contribution in [0.3, 0.4) is 0 Å². The van der Waals surface area contributed by atoms with Gasteiger partial charge in [-0.1, -0.05) is 0 Å². The predicted octanol–water partition coefficient (Wildman–Crippen LogP) is -0.312. The molecule has 80 valence electrons. The van der Waals surface area contributed by atoms with E-state index in [0.29, 0.717) is 6.04 Å². The van der Waals surface area contributed by atoms with Gasteiger partial charge in [-0.2, -0.15) is 0 Å². The van der Waals surface area contributed by atoms with Crippen molar-refractivity contribution in [3.8, 4) is 0 Å². The number of carbonyl (C=O) groups excluding carboxylic acids is 1. The van der Waals surface area contributed by atoms with E-state index < -0.39 is 0 Å². The highest BCUT2D eigenvalue weighted by Crippen LogP contribution is 2.22. The number of carbonyl (C=O) groups is 1. The Bertz CT molecular complexity index is 213. The van der Waals surface area contributed by atoms with E-state index in [0.717, 1.165) is 32.5 Å². The molecule has 2 saturated heterocycles. The van der Waals surface area contributed by atoms with Crippen molar-refractivity contribution in [1.82, 2.24) is 10.2 Å². The van der Waals surface area contributed by atoms with E-state index in [2.05, 4.69) is 10.2 Å². The Hall–Kier alpha value is -0.610. The Morgan fingerprint density at radius 2 is 2.21 bits per heavy atom. The molecule has 0 aromatic heterocycles. The SMILES string of the molecule is NC(=O)[C@@H]1CCCN1[C@H]1CCCNC1. The monoisotopic (exact) mass is 197 g/mol. The maximum atomic E-state index is 11.2. The van der Waals surface area contributed by atoms with Gasteiger partial charge in [0.2, 0.25) is 5.91 Å². The van der Waals surface area contributed by atoms with E-state index >= 15 is 0 Å². The largest absolute Gasteiger partial charge is 0.368 e. The maximum absolute atomic E-state index is 11.2. The first kappa shape index (κ1) is 9.93. The Kier molecular flexibility index (Phi) is 3.03. The van der Waals surface area contributed by atoms with Crippen molar-refractivity contribution in [2.75, 3.05) is 19.6 Å². The summed E-state index contributed by atoms with van der Waals surface area (Å²) in [5.74, 6) is -0.145. The first-order valence-corrected chi connectivity index (χ1v) is 5.55. The van der Waals surface area contributed by atoms with Crippen molar-refractivity contribution in [1.29, 1.82) is 0 Å². The molecule has 0 radical (unpaired) electrons. The van der Waals surface area contributed by atoms with E-state index in [9.17, 15) is 4.79 Å². The van der Waals surface area contributed by atoms with Crippen molar-refractivity contribution in [2.45, 2.75) is 37.8 Å². The predicted molar refractivity (Wildman–Crippen MR) is 54.8 cm³/mol. The molecule has 3 N–H and O–H groups in total. The van der Waals surface area contributed by atoms with Crippen molar-refractivity contribution in [3.63, 3.8) is 0 Å². The van der Waals surface area contributed by atoms with Gasteiger partial charge in [0.25, 0.3) is 0 Å². The molecule has 0 aliphatic carbocycles. The second-order valence-corrected chi connectivity index (χ2v) is 4.30. The van der Waals surface area contributed by atoms with Crippen LogP contribution in [0.2, 0.25) is 0 Å². The lowest BCUT2D eigenvalue weighted by Crippen LogP contribution is -2.51. The van der Waals surface area contributed by atoms with Crippen molar-refractivity contribution in [3.05, 3.63) is 0 Å². The molecule has 4 nitrogen and oxygen atoms in total. The molecule has 0 unspecified atom stereocenters. The molecule has 2 fully saturated rings. The van der Waals surface area contributed by atoms with Gasteiger partial charge in [-0.05, 0) is 38.8 Å². The van der Waals surface area contributed by atoms with Crippen LogP contribution >= 0.6 is 0 Å². The number of hydrogen-bond donors (Lipinski definition) is 2. The smallest absolute Gasteiger partial charge is 0.234 e. The van der Waals surface area contributed by atoms with E-state index in [1.165, 1.54) is 12.8 Å². The van der Waals surface area contributed by atoms with Crippen LogP contribution in [-0.2, 0) is 4.79 Å². The number of primary amides is 1. The summed E-state index contributed by atoms with van der Waals surface area (Å²) in [4.78, 5) is 13.5. The first-order valence-electron chi connectivity index (χ1n) is 5.55. The summed E-state index contributed by atoms with van der Waals surface area (Å²) in [5.41, 5.74) is 5.39. The fraction of sp³-hybridized carbons (Fsp3) is 0.900. The van der Waals surface area contributed by atoms with Gasteiger partial charge >= 0.3 is 0 Å². The highest BCUT2D eigenvalue weighted by atomic mass is 16.1. The zero-order valence-corrected chi connectivity index (χ0v) is 8.54.